The molecular formula is C31H38ClN3O5S. The second-order valence-electron chi connectivity index (χ2n) is 9.94. The summed E-state index contributed by atoms with van der Waals surface area (Å²) in [7, 11) is -4.19. The molecule has 0 bridgehead atoms. The molecule has 1 atom stereocenters. The van der Waals surface area contributed by atoms with Crippen molar-refractivity contribution in [2.45, 2.75) is 51.6 Å². The van der Waals surface area contributed by atoms with Gasteiger partial charge in [-0.2, -0.15) is 0 Å². The van der Waals surface area contributed by atoms with Gasteiger partial charge < -0.3 is 15.0 Å². The lowest BCUT2D eigenvalue weighted by Gasteiger charge is -2.33. The largest absolute Gasteiger partial charge is 0.492 e. The smallest absolute Gasteiger partial charge is 0.264 e. The second-order valence-corrected chi connectivity index (χ2v) is 12.2. The second kappa shape index (κ2) is 14.9. The predicted octanol–water partition coefficient (Wildman–Crippen LogP) is 5.51. The number of anilines is 1. The van der Waals surface area contributed by atoms with Crippen LogP contribution >= 0.6 is 11.6 Å². The van der Waals surface area contributed by atoms with E-state index in [4.69, 9.17) is 16.3 Å². The van der Waals surface area contributed by atoms with Gasteiger partial charge in [0.15, 0.2) is 0 Å². The molecule has 3 rings (SSSR count). The van der Waals surface area contributed by atoms with Gasteiger partial charge in [0.2, 0.25) is 11.8 Å². The first kappa shape index (κ1) is 32.0. The summed E-state index contributed by atoms with van der Waals surface area (Å²) in [4.78, 5) is 28.9. The minimum atomic E-state index is -4.19. The fraction of sp³-hybridized carbons (Fsp3) is 0.355. The molecular weight excluding hydrogens is 562 g/mol. The van der Waals surface area contributed by atoms with Crippen molar-refractivity contribution in [2.24, 2.45) is 5.92 Å². The number of sulfonamides is 1. The zero-order valence-electron chi connectivity index (χ0n) is 23.9. The quantitative estimate of drug-likeness (QED) is 0.263. The molecule has 2 amide bonds. The molecule has 3 aromatic rings. The number of carbonyl (C=O) groups excluding carboxylic acids is 2. The van der Waals surface area contributed by atoms with Gasteiger partial charge in [-0.05, 0) is 61.2 Å². The molecule has 10 heteroatoms. The van der Waals surface area contributed by atoms with Crippen LogP contribution in [0.15, 0.2) is 83.8 Å². The van der Waals surface area contributed by atoms with Crippen LogP contribution in [0.4, 0.5) is 5.69 Å². The minimum Gasteiger partial charge on any atom is -0.492 e. The third-order valence-corrected chi connectivity index (χ3v) is 8.41. The summed E-state index contributed by atoms with van der Waals surface area (Å²) in [6.07, 6.45) is 0.338. The molecule has 0 aliphatic rings. The Labute approximate surface area is 248 Å². The Kier molecular flexibility index (Phi) is 11.6. The van der Waals surface area contributed by atoms with E-state index >= 15 is 0 Å². The molecule has 0 aromatic heterocycles. The standard InChI is InChI=1S/C31H38ClN3O5S/c1-5-27(31(37)33-20-23(3)4)34(21-24-16-18-25(32)19-17-24)30(36)22-35(28-14-10-11-15-29(28)40-6-2)41(38,39)26-12-8-7-9-13-26/h7-19,23,27H,5-6,20-22H2,1-4H3,(H,33,37)/t27-/m1/s1. The summed E-state index contributed by atoms with van der Waals surface area (Å²) < 4.78 is 34.8. The molecule has 0 fully saturated rings. The van der Waals surface area contributed by atoms with Gasteiger partial charge in [0.25, 0.3) is 10.0 Å². The van der Waals surface area contributed by atoms with E-state index in [1.807, 2.05) is 20.8 Å². The highest BCUT2D eigenvalue weighted by Crippen LogP contribution is 2.33. The van der Waals surface area contributed by atoms with Crippen molar-refractivity contribution in [3.05, 3.63) is 89.4 Å². The number of hydrogen-bond donors (Lipinski definition) is 1. The number of benzene rings is 3. The van der Waals surface area contributed by atoms with Gasteiger partial charge in [-0.25, -0.2) is 8.42 Å². The molecule has 0 aliphatic carbocycles. The highest BCUT2D eigenvalue weighted by molar-refractivity contribution is 7.92. The highest BCUT2D eigenvalue weighted by Gasteiger charge is 2.34. The number of nitrogens with zero attached hydrogens (tertiary/aromatic N) is 2. The molecule has 1 N–H and O–H groups in total. The summed E-state index contributed by atoms with van der Waals surface area (Å²) in [6, 6.07) is 20.8. The van der Waals surface area contributed by atoms with Crippen molar-refractivity contribution in [3.8, 4) is 5.75 Å². The lowest BCUT2D eigenvalue weighted by atomic mass is 10.1. The van der Waals surface area contributed by atoms with Gasteiger partial charge in [0, 0.05) is 18.1 Å². The van der Waals surface area contributed by atoms with Gasteiger partial charge >= 0.3 is 0 Å². The molecule has 0 radical (unpaired) electrons. The lowest BCUT2D eigenvalue weighted by Crippen LogP contribution is -2.52. The Morgan fingerprint density at radius 1 is 0.927 bits per heavy atom. The molecule has 0 saturated carbocycles. The molecule has 8 nitrogen and oxygen atoms in total. The Morgan fingerprint density at radius 3 is 2.17 bits per heavy atom. The van der Waals surface area contributed by atoms with Crippen LogP contribution < -0.4 is 14.4 Å². The fourth-order valence-electron chi connectivity index (χ4n) is 4.30. The zero-order chi connectivity index (χ0) is 30.0. The maximum atomic E-state index is 14.2. The number of amides is 2. The third kappa shape index (κ3) is 8.47. The molecule has 41 heavy (non-hydrogen) atoms. The number of hydrogen-bond acceptors (Lipinski definition) is 5. The summed E-state index contributed by atoms with van der Waals surface area (Å²) in [5.41, 5.74) is 0.986. The van der Waals surface area contributed by atoms with Crippen molar-refractivity contribution in [3.63, 3.8) is 0 Å². The van der Waals surface area contributed by atoms with Crippen molar-refractivity contribution in [1.29, 1.82) is 0 Å². The Morgan fingerprint density at radius 2 is 1.56 bits per heavy atom. The van der Waals surface area contributed by atoms with Gasteiger partial charge in [0.1, 0.15) is 18.3 Å². The SMILES string of the molecule is CCOc1ccccc1N(CC(=O)N(Cc1ccc(Cl)cc1)[C@H](CC)C(=O)NCC(C)C)S(=O)(=O)c1ccccc1. The van der Waals surface area contributed by atoms with E-state index in [1.54, 1.807) is 73.7 Å². The number of rotatable bonds is 14. The average Bonchev–Trinajstić information content (AvgIpc) is 2.96. The van der Waals surface area contributed by atoms with Crippen LogP contribution in [0, 0.1) is 5.92 Å². The highest BCUT2D eigenvalue weighted by atomic mass is 35.5. The number of nitrogens with one attached hydrogen (secondary N) is 1. The van der Waals surface area contributed by atoms with Crippen molar-refractivity contribution >= 4 is 39.1 Å². The van der Waals surface area contributed by atoms with E-state index in [-0.39, 0.29) is 29.0 Å². The monoisotopic (exact) mass is 599 g/mol. The van der Waals surface area contributed by atoms with Gasteiger partial charge in [-0.1, -0.05) is 74.8 Å². The number of carbonyl (C=O) groups is 2. The number of para-hydroxylation sites is 2. The molecule has 0 unspecified atom stereocenters. The lowest BCUT2D eigenvalue weighted by molar-refractivity contribution is -0.140. The first-order valence-electron chi connectivity index (χ1n) is 13.7. The normalized spacial score (nSPS) is 12.0. The van der Waals surface area contributed by atoms with Crippen LogP contribution in [-0.2, 0) is 26.2 Å². The summed E-state index contributed by atoms with van der Waals surface area (Å²) in [5, 5.41) is 3.47. The molecule has 3 aromatic carbocycles. The first-order valence-corrected chi connectivity index (χ1v) is 15.5. The van der Waals surface area contributed by atoms with Crippen LogP contribution in [-0.4, -0.2) is 50.9 Å². The van der Waals surface area contributed by atoms with Gasteiger partial charge in [-0.3, -0.25) is 13.9 Å². The Balaban J connectivity index is 2.08. The van der Waals surface area contributed by atoms with Gasteiger partial charge in [0.05, 0.1) is 17.2 Å². The maximum Gasteiger partial charge on any atom is 0.264 e. The maximum absolute atomic E-state index is 14.2. The van der Waals surface area contributed by atoms with Crippen LogP contribution in [0.1, 0.15) is 39.7 Å². The van der Waals surface area contributed by atoms with Crippen LogP contribution in [0.5, 0.6) is 5.75 Å². The minimum absolute atomic E-state index is 0.0325. The molecule has 220 valence electrons. The molecule has 0 heterocycles. The van der Waals surface area contributed by atoms with E-state index in [9.17, 15) is 18.0 Å². The predicted molar refractivity (Wildman–Crippen MR) is 163 cm³/mol. The number of ether oxygens (including phenoxy) is 1. The fourth-order valence-corrected chi connectivity index (χ4v) is 5.87. The van der Waals surface area contributed by atoms with E-state index in [0.29, 0.717) is 30.3 Å². The van der Waals surface area contributed by atoms with Crippen molar-refractivity contribution in [1.82, 2.24) is 10.2 Å². The van der Waals surface area contributed by atoms with E-state index < -0.39 is 28.5 Å². The average molecular weight is 600 g/mol. The summed E-state index contributed by atoms with van der Waals surface area (Å²) >= 11 is 6.08. The first-order chi connectivity index (χ1) is 19.6. The number of halogens is 1. The molecule has 0 saturated heterocycles. The zero-order valence-corrected chi connectivity index (χ0v) is 25.5. The van der Waals surface area contributed by atoms with E-state index in [2.05, 4.69) is 5.32 Å². The van der Waals surface area contributed by atoms with Crippen LogP contribution in [0.2, 0.25) is 5.02 Å². The van der Waals surface area contributed by atoms with Crippen LogP contribution in [0.3, 0.4) is 0 Å². The molecule has 0 spiro atoms. The van der Waals surface area contributed by atoms with Crippen molar-refractivity contribution < 1.29 is 22.7 Å². The molecule has 0 aliphatic heterocycles. The van der Waals surface area contributed by atoms with E-state index in [1.165, 1.54) is 17.0 Å². The topological polar surface area (TPSA) is 96.0 Å². The third-order valence-electron chi connectivity index (χ3n) is 6.38. The van der Waals surface area contributed by atoms with Crippen LogP contribution in [0.25, 0.3) is 0 Å². The van der Waals surface area contributed by atoms with E-state index in [0.717, 1.165) is 9.87 Å². The summed E-state index contributed by atoms with van der Waals surface area (Å²) in [5.74, 6) is -0.278. The van der Waals surface area contributed by atoms with Gasteiger partial charge in [-0.15, -0.1) is 0 Å². The summed E-state index contributed by atoms with van der Waals surface area (Å²) in [6.45, 7) is 7.91. The van der Waals surface area contributed by atoms with Crippen molar-refractivity contribution in [2.75, 3.05) is 24.0 Å². The Hall–Kier alpha value is -3.56. The Bertz CT molecular complexity index is 1400.